The molecule has 2 aromatic heterocycles. The highest BCUT2D eigenvalue weighted by molar-refractivity contribution is 7.80. The minimum absolute atomic E-state index is 0.295. The third kappa shape index (κ3) is 2.30. The summed E-state index contributed by atoms with van der Waals surface area (Å²) in [7, 11) is 1.84. The Bertz CT molecular complexity index is 604. The molecule has 0 atom stereocenters. The maximum absolute atomic E-state index is 5.74. The quantitative estimate of drug-likeness (QED) is 0.809. The van der Waals surface area contributed by atoms with Crippen LogP contribution in [0, 0.1) is 13.8 Å². The second-order valence-electron chi connectivity index (χ2n) is 4.00. The van der Waals surface area contributed by atoms with Crippen molar-refractivity contribution in [3.05, 3.63) is 29.1 Å². The van der Waals surface area contributed by atoms with Crippen LogP contribution in [0.5, 0.6) is 0 Å². The van der Waals surface area contributed by atoms with Gasteiger partial charge in [0.05, 0.1) is 11.3 Å². The molecule has 2 aromatic rings. The van der Waals surface area contributed by atoms with Crippen molar-refractivity contribution in [3.63, 3.8) is 0 Å². The van der Waals surface area contributed by atoms with Gasteiger partial charge in [-0.15, -0.1) is 5.10 Å². The summed E-state index contributed by atoms with van der Waals surface area (Å²) in [5, 5.41) is 15.4. The fourth-order valence-corrected chi connectivity index (χ4v) is 1.85. The van der Waals surface area contributed by atoms with E-state index in [9.17, 15) is 0 Å². The molecule has 0 spiro atoms. The normalized spacial score (nSPS) is 10.4. The lowest BCUT2D eigenvalue weighted by molar-refractivity contribution is 0.770. The lowest BCUT2D eigenvalue weighted by atomic mass is 10.1. The molecule has 94 valence electrons. The molecule has 0 saturated heterocycles. The smallest absolute Gasteiger partial charge is 0.164 e. The van der Waals surface area contributed by atoms with Crippen LogP contribution in [0.4, 0.5) is 11.6 Å². The number of nitrogens with one attached hydrogen (secondary N) is 1. The van der Waals surface area contributed by atoms with Crippen molar-refractivity contribution in [2.75, 3.05) is 5.32 Å². The van der Waals surface area contributed by atoms with Crippen molar-refractivity contribution in [3.8, 4) is 0 Å². The van der Waals surface area contributed by atoms with E-state index in [1.807, 2.05) is 33.2 Å². The average molecular weight is 262 g/mol. The van der Waals surface area contributed by atoms with E-state index >= 15 is 0 Å². The van der Waals surface area contributed by atoms with Gasteiger partial charge in [0.1, 0.15) is 4.99 Å². The number of nitrogens with zero attached hydrogens (tertiary/aromatic N) is 4. The Morgan fingerprint density at radius 1 is 1.39 bits per heavy atom. The number of thiocarbonyl (C=S) groups is 1. The average Bonchev–Trinajstić information content (AvgIpc) is 2.69. The van der Waals surface area contributed by atoms with Gasteiger partial charge >= 0.3 is 0 Å². The van der Waals surface area contributed by atoms with Gasteiger partial charge in [0.15, 0.2) is 11.6 Å². The van der Waals surface area contributed by atoms with Crippen molar-refractivity contribution in [2.45, 2.75) is 13.8 Å². The summed E-state index contributed by atoms with van der Waals surface area (Å²) in [5.74, 6) is 1.21. The van der Waals surface area contributed by atoms with Crippen molar-refractivity contribution in [1.82, 2.24) is 20.0 Å². The van der Waals surface area contributed by atoms with Crippen LogP contribution in [0.15, 0.2) is 12.3 Å². The van der Waals surface area contributed by atoms with Gasteiger partial charge in [-0.1, -0.05) is 12.2 Å². The minimum atomic E-state index is 0.295. The zero-order chi connectivity index (χ0) is 13.3. The molecular weight excluding hydrogens is 248 g/mol. The van der Waals surface area contributed by atoms with E-state index in [0.29, 0.717) is 22.2 Å². The number of aryl methyl sites for hydroxylation is 2. The number of aromatic nitrogens is 4. The van der Waals surface area contributed by atoms with E-state index in [1.54, 1.807) is 4.68 Å². The predicted molar refractivity (Wildman–Crippen MR) is 73.9 cm³/mol. The van der Waals surface area contributed by atoms with Gasteiger partial charge < -0.3 is 11.1 Å². The summed E-state index contributed by atoms with van der Waals surface area (Å²) < 4.78 is 1.69. The second-order valence-corrected chi connectivity index (χ2v) is 4.44. The monoisotopic (exact) mass is 262 g/mol. The SMILES string of the molecule is Cc1nnc(Nc2ccn(C)n2)c(C(N)=S)c1C. The van der Waals surface area contributed by atoms with E-state index in [0.717, 1.165) is 11.3 Å². The Kier molecular flexibility index (Phi) is 3.24. The van der Waals surface area contributed by atoms with Crippen LogP contribution in [-0.2, 0) is 7.05 Å². The van der Waals surface area contributed by atoms with Crippen LogP contribution >= 0.6 is 12.2 Å². The van der Waals surface area contributed by atoms with Crippen LogP contribution < -0.4 is 11.1 Å². The van der Waals surface area contributed by atoms with Crippen molar-refractivity contribution in [1.29, 1.82) is 0 Å². The number of hydrogen-bond donors (Lipinski definition) is 2. The van der Waals surface area contributed by atoms with Gasteiger partial charge in [0, 0.05) is 19.3 Å². The molecule has 7 heteroatoms. The Morgan fingerprint density at radius 3 is 2.67 bits per heavy atom. The lowest BCUT2D eigenvalue weighted by Gasteiger charge is -2.11. The molecule has 0 bridgehead atoms. The summed E-state index contributed by atoms with van der Waals surface area (Å²) in [6, 6.07) is 1.83. The van der Waals surface area contributed by atoms with Crippen molar-refractivity contribution < 1.29 is 0 Å². The van der Waals surface area contributed by atoms with Crippen LogP contribution in [0.1, 0.15) is 16.8 Å². The maximum Gasteiger partial charge on any atom is 0.164 e. The first-order valence-corrected chi connectivity index (χ1v) is 5.80. The molecule has 2 rings (SSSR count). The third-order valence-electron chi connectivity index (χ3n) is 2.66. The molecule has 2 heterocycles. The molecule has 0 amide bonds. The molecule has 0 aliphatic heterocycles. The Labute approximate surface area is 110 Å². The van der Waals surface area contributed by atoms with Crippen LogP contribution in [-0.4, -0.2) is 25.0 Å². The highest BCUT2D eigenvalue weighted by Crippen LogP contribution is 2.21. The first kappa shape index (κ1) is 12.4. The Hall–Kier alpha value is -2.02. The maximum atomic E-state index is 5.74. The van der Waals surface area contributed by atoms with E-state index in [2.05, 4.69) is 20.6 Å². The molecule has 0 aliphatic rings. The van der Waals surface area contributed by atoms with Gasteiger partial charge in [-0.25, -0.2) is 0 Å². The summed E-state index contributed by atoms with van der Waals surface area (Å²) in [6.07, 6.45) is 1.83. The predicted octanol–water partition coefficient (Wildman–Crippen LogP) is 1.20. The van der Waals surface area contributed by atoms with Gasteiger partial charge in [-0.05, 0) is 19.4 Å². The van der Waals surface area contributed by atoms with E-state index in [1.165, 1.54) is 0 Å². The first-order valence-electron chi connectivity index (χ1n) is 5.39. The van der Waals surface area contributed by atoms with Crippen molar-refractivity contribution >= 4 is 28.8 Å². The second kappa shape index (κ2) is 4.69. The summed E-state index contributed by atoms with van der Waals surface area (Å²) in [5.41, 5.74) is 8.19. The van der Waals surface area contributed by atoms with E-state index < -0.39 is 0 Å². The van der Waals surface area contributed by atoms with Crippen LogP contribution in [0.2, 0.25) is 0 Å². The summed E-state index contributed by atoms with van der Waals surface area (Å²) in [4.78, 5) is 0.295. The number of anilines is 2. The zero-order valence-electron chi connectivity index (χ0n) is 10.4. The van der Waals surface area contributed by atoms with Crippen molar-refractivity contribution in [2.24, 2.45) is 12.8 Å². The third-order valence-corrected chi connectivity index (χ3v) is 2.87. The standard InChI is InChI=1S/C11H14N6S/c1-6-7(2)14-15-11(9(6)10(12)18)13-8-4-5-17(3)16-8/h4-5H,1-3H3,(H2,12,18)(H,13,15,16). The molecule has 6 nitrogen and oxygen atoms in total. The number of hydrogen-bond acceptors (Lipinski definition) is 5. The lowest BCUT2D eigenvalue weighted by Crippen LogP contribution is -2.17. The number of rotatable bonds is 3. The minimum Gasteiger partial charge on any atom is -0.389 e. The molecule has 0 fully saturated rings. The number of nitrogens with two attached hydrogens (primary N) is 1. The Balaban J connectivity index is 2.44. The van der Waals surface area contributed by atoms with Gasteiger partial charge in [-0.3, -0.25) is 4.68 Å². The molecule has 0 unspecified atom stereocenters. The van der Waals surface area contributed by atoms with Gasteiger partial charge in [0.25, 0.3) is 0 Å². The van der Waals surface area contributed by atoms with Gasteiger partial charge in [0.2, 0.25) is 0 Å². The fraction of sp³-hybridized carbons (Fsp3) is 0.273. The van der Waals surface area contributed by atoms with E-state index in [4.69, 9.17) is 18.0 Å². The van der Waals surface area contributed by atoms with Gasteiger partial charge in [-0.2, -0.15) is 10.2 Å². The molecule has 0 radical (unpaired) electrons. The molecule has 0 aromatic carbocycles. The summed E-state index contributed by atoms with van der Waals surface area (Å²) >= 11 is 5.06. The Morgan fingerprint density at radius 2 is 2.11 bits per heavy atom. The topological polar surface area (TPSA) is 81.7 Å². The summed E-state index contributed by atoms with van der Waals surface area (Å²) in [6.45, 7) is 3.79. The van der Waals surface area contributed by atoms with E-state index in [-0.39, 0.29) is 0 Å². The molecule has 0 saturated carbocycles. The van der Waals surface area contributed by atoms with Crippen LogP contribution in [0.25, 0.3) is 0 Å². The molecular formula is C11H14N6S. The van der Waals surface area contributed by atoms with Crippen LogP contribution in [0.3, 0.4) is 0 Å². The molecule has 18 heavy (non-hydrogen) atoms. The first-order chi connectivity index (χ1) is 8.49. The highest BCUT2D eigenvalue weighted by atomic mass is 32.1. The molecule has 3 N–H and O–H groups in total. The highest BCUT2D eigenvalue weighted by Gasteiger charge is 2.14. The molecule has 0 aliphatic carbocycles. The fourth-order valence-electron chi connectivity index (χ4n) is 1.60. The largest absolute Gasteiger partial charge is 0.389 e. The zero-order valence-corrected chi connectivity index (χ0v) is 11.2.